The van der Waals surface area contributed by atoms with E-state index in [0.717, 1.165) is 19.4 Å². The maximum absolute atomic E-state index is 12.6. The average Bonchev–Trinajstić information content (AvgIpc) is 2.48. The monoisotopic (exact) mass is 335 g/mol. The highest BCUT2D eigenvalue weighted by molar-refractivity contribution is 7.89. The lowest BCUT2D eigenvalue weighted by Crippen LogP contribution is -2.42. The predicted molar refractivity (Wildman–Crippen MR) is 83.4 cm³/mol. The molecule has 0 spiro atoms. The van der Waals surface area contributed by atoms with Crippen LogP contribution in [-0.4, -0.2) is 51.5 Å². The number of ether oxygens (including phenoxy) is 1. The van der Waals surface area contributed by atoms with Gasteiger partial charge in [-0.3, -0.25) is 0 Å². The van der Waals surface area contributed by atoms with E-state index in [-0.39, 0.29) is 17.3 Å². The Kier molecular flexibility index (Phi) is 6.86. The van der Waals surface area contributed by atoms with Crippen molar-refractivity contribution in [1.29, 1.82) is 0 Å². The van der Waals surface area contributed by atoms with Gasteiger partial charge >= 0.3 is 0 Å². The molecule has 0 aliphatic carbocycles. The van der Waals surface area contributed by atoms with Gasteiger partial charge in [-0.25, -0.2) is 13.4 Å². The number of hydrogen-bond donors (Lipinski definition) is 1. The molecule has 1 fully saturated rings. The first kappa shape index (κ1) is 18.2. The second kappa shape index (κ2) is 7.93. The van der Waals surface area contributed by atoms with Crippen molar-refractivity contribution in [1.82, 2.24) is 14.6 Å². The highest BCUT2D eigenvalue weighted by atomic mass is 35.5. The molecule has 0 amide bonds. The van der Waals surface area contributed by atoms with E-state index < -0.39 is 10.0 Å². The van der Waals surface area contributed by atoms with Crippen LogP contribution in [0.1, 0.15) is 12.8 Å². The molecule has 1 N–H and O–H groups in total. The van der Waals surface area contributed by atoms with Gasteiger partial charge in [-0.05, 0) is 38.4 Å². The molecular formula is C13H22ClN3O3S. The summed E-state index contributed by atoms with van der Waals surface area (Å²) in [6.45, 7) is 1.98. The minimum Gasteiger partial charge on any atom is -0.481 e. The zero-order valence-corrected chi connectivity index (χ0v) is 13.9. The number of sulfonamides is 1. The van der Waals surface area contributed by atoms with Gasteiger partial charge in [0.2, 0.25) is 15.9 Å². The molecule has 2 heterocycles. The van der Waals surface area contributed by atoms with E-state index in [1.807, 2.05) is 7.05 Å². The molecule has 0 radical (unpaired) electrons. The van der Waals surface area contributed by atoms with Gasteiger partial charge in [-0.2, -0.15) is 4.31 Å². The summed E-state index contributed by atoms with van der Waals surface area (Å²) >= 11 is 0. The van der Waals surface area contributed by atoms with Crippen molar-refractivity contribution in [2.45, 2.75) is 17.7 Å². The molecule has 0 saturated carbocycles. The largest absolute Gasteiger partial charge is 0.481 e. The third-order valence-electron chi connectivity index (χ3n) is 3.53. The van der Waals surface area contributed by atoms with E-state index in [4.69, 9.17) is 4.74 Å². The van der Waals surface area contributed by atoms with Crippen LogP contribution in [0, 0.1) is 5.92 Å². The molecule has 21 heavy (non-hydrogen) atoms. The molecule has 2 rings (SSSR count). The SMILES string of the molecule is CNCC1CCCN(S(=O)(=O)c2ccc(OC)nc2)C1.Cl. The zero-order chi connectivity index (χ0) is 14.6. The second-order valence-corrected chi connectivity index (χ2v) is 6.90. The first-order valence-corrected chi connectivity index (χ1v) is 8.16. The third-order valence-corrected chi connectivity index (χ3v) is 5.38. The number of piperidine rings is 1. The molecule has 1 unspecified atom stereocenters. The van der Waals surface area contributed by atoms with Crippen molar-refractivity contribution in [3.63, 3.8) is 0 Å². The van der Waals surface area contributed by atoms with Crippen LogP contribution >= 0.6 is 12.4 Å². The number of nitrogens with one attached hydrogen (secondary N) is 1. The molecule has 1 saturated heterocycles. The Morgan fingerprint density at radius 2 is 2.24 bits per heavy atom. The van der Waals surface area contributed by atoms with Crippen LogP contribution < -0.4 is 10.1 Å². The van der Waals surface area contributed by atoms with Gasteiger partial charge in [0.15, 0.2) is 0 Å². The maximum atomic E-state index is 12.6. The number of nitrogens with zero attached hydrogens (tertiary/aromatic N) is 2. The lowest BCUT2D eigenvalue weighted by atomic mass is 10.00. The van der Waals surface area contributed by atoms with E-state index >= 15 is 0 Å². The Bertz CT molecular complexity index is 534. The summed E-state index contributed by atoms with van der Waals surface area (Å²) < 4.78 is 31.6. The van der Waals surface area contributed by atoms with Crippen molar-refractivity contribution in [2.24, 2.45) is 5.92 Å². The molecular weight excluding hydrogens is 314 g/mol. The lowest BCUT2D eigenvalue weighted by Gasteiger charge is -2.31. The van der Waals surface area contributed by atoms with Gasteiger partial charge in [0.1, 0.15) is 4.90 Å². The minimum atomic E-state index is -3.45. The molecule has 1 atom stereocenters. The van der Waals surface area contributed by atoms with Crippen LogP contribution in [0.2, 0.25) is 0 Å². The summed E-state index contributed by atoms with van der Waals surface area (Å²) in [4.78, 5) is 4.20. The fourth-order valence-electron chi connectivity index (χ4n) is 2.49. The minimum absolute atomic E-state index is 0. The summed E-state index contributed by atoms with van der Waals surface area (Å²) in [6.07, 6.45) is 3.32. The summed E-state index contributed by atoms with van der Waals surface area (Å²) in [6, 6.07) is 3.12. The van der Waals surface area contributed by atoms with Crippen LogP contribution in [0.5, 0.6) is 5.88 Å². The molecule has 120 valence electrons. The zero-order valence-electron chi connectivity index (χ0n) is 12.3. The molecule has 1 aliphatic heterocycles. The molecule has 0 aromatic carbocycles. The predicted octanol–water partition coefficient (Wildman–Crippen LogP) is 1.13. The molecule has 1 aromatic heterocycles. The van der Waals surface area contributed by atoms with E-state index in [1.54, 1.807) is 16.4 Å². The maximum Gasteiger partial charge on any atom is 0.244 e. The number of rotatable bonds is 5. The topological polar surface area (TPSA) is 71.5 Å². The van der Waals surface area contributed by atoms with Crippen LogP contribution in [0.4, 0.5) is 0 Å². The van der Waals surface area contributed by atoms with Crippen LogP contribution in [0.15, 0.2) is 23.2 Å². The Hall–Kier alpha value is -0.890. The van der Waals surface area contributed by atoms with Crippen molar-refractivity contribution in [3.05, 3.63) is 18.3 Å². The van der Waals surface area contributed by atoms with Crippen molar-refractivity contribution in [2.75, 3.05) is 33.8 Å². The van der Waals surface area contributed by atoms with Crippen LogP contribution in [-0.2, 0) is 10.0 Å². The highest BCUT2D eigenvalue weighted by Crippen LogP contribution is 2.23. The Morgan fingerprint density at radius 1 is 1.48 bits per heavy atom. The summed E-state index contributed by atoms with van der Waals surface area (Å²) in [7, 11) is -0.0576. The number of pyridine rings is 1. The third kappa shape index (κ3) is 4.29. The van der Waals surface area contributed by atoms with Crippen molar-refractivity contribution >= 4 is 22.4 Å². The fraction of sp³-hybridized carbons (Fsp3) is 0.615. The summed E-state index contributed by atoms with van der Waals surface area (Å²) in [5.74, 6) is 0.783. The Labute approximate surface area is 132 Å². The van der Waals surface area contributed by atoms with Gasteiger partial charge in [0.25, 0.3) is 0 Å². The van der Waals surface area contributed by atoms with Crippen molar-refractivity contribution < 1.29 is 13.2 Å². The lowest BCUT2D eigenvalue weighted by molar-refractivity contribution is 0.263. The van der Waals surface area contributed by atoms with Gasteiger partial charge in [-0.15, -0.1) is 12.4 Å². The first-order valence-electron chi connectivity index (χ1n) is 6.72. The summed E-state index contributed by atoms with van der Waals surface area (Å²) in [5.41, 5.74) is 0. The van der Waals surface area contributed by atoms with Crippen LogP contribution in [0.3, 0.4) is 0 Å². The molecule has 0 bridgehead atoms. The molecule has 8 heteroatoms. The second-order valence-electron chi connectivity index (χ2n) is 4.97. The Balaban J connectivity index is 0.00000220. The van der Waals surface area contributed by atoms with E-state index in [0.29, 0.717) is 24.9 Å². The summed E-state index contributed by atoms with van der Waals surface area (Å²) in [5, 5.41) is 3.11. The van der Waals surface area contributed by atoms with Gasteiger partial charge in [0, 0.05) is 19.2 Å². The highest BCUT2D eigenvalue weighted by Gasteiger charge is 2.30. The number of methoxy groups -OCH3 is 1. The standard InChI is InChI=1S/C13H21N3O3S.ClH/c1-14-8-11-4-3-7-16(10-11)20(17,18)12-5-6-13(19-2)15-9-12;/h5-6,9,11,14H,3-4,7-8,10H2,1-2H3;1H. The number of halogens is 1. The molecule has 1 aliphatic rings. The van der Waals surface area contributed by atoms with Gasteiger partial charge in [0.05, 0.1) is 13.3 Å². The van der Waals surface area contributed by atoms with Crippen molar-refractivity contribution in [3.8, 4) is 5.88 Å². The smallest absolute Gasteiger partial charge is 0.244 e. The first-order chi connectivity index (χ1) is 9.57. The quantitative estimate of drug-likeness (QED) is 0.873. The molecule has 1 aromatic rings. The van der Waals surface area contributed by atoms with Gasteiger partial charge < -0.3 is 10.1 Å². The Morgan fingerprint density at radius 3 is 2.81 bits per heavy atom. The molecule has 6 nitrogen and oxygen atoms in total. The fourth-order valence-corrected chi connectivity index (χ4v) is 3.99. The van der Waals surface area contributed by atoms with E-state index in [1.165, 1.54) is 13.3 Å². The van der Waals surface area contributed by atoms with E-state index in [9.17, 15) is 8.42 Å². The number of aromatic nitrogens is 1. The van der Waals surface area contributed by atoms with Crippen LogP contribution in [0.25, 0.3) is 0 Å². The average molecular weight is 336 g/mol. The van der Waals surface area contributed by atoms with E-state index in [2.05, 4.69) is 10.3 Å². The van der Waals surface area contributed by atoms with Gasteiger partial charge in [-0.1, -0.05) is 0 Å². The normalized spacial score (nSPS) is 19.8. The number of hydrogen-bond acceptors (Lipinski definition) is 5.